The summed E-state index contributed by atoms with van der Waals surface area (Å²) in [4.78, 5) is 3.34. The molecular formula is C17H19N3. The summed E-state index contributed by atoms with van der Waals surface area (Å²) in [6.45, 7) is 0.568. The third-order valence-electron chi connectivity index (χ3n) is 3.74. The van der Waals surface area contributed by atoms with E-state index in [4.69, 9.17) is 5.73 Å². The van der Waals surface area contributed by atoms with Crippen LogP contribution in [0.3, 0.4) is 0 Å². The highest BCUT2D eigenvalue weighted by molar-refractivity contribution is 5.84. The summed E-state index contributed by atoms with van der Waals surface area (Å²) in [5.41, 5.74) is 10.6. The molecule has 4 N–H and O–H groups in total. The molecule has 1 unspecified atom stereocenters. The zero-order chi connectivity index (χ0) is 13.9. The van der Waals surface area contributed by atoms with Gasteiger partial charge < -0.3 is 16.0 Å². The van der Waals surface area contributed by atoms with Crippen LogP contribution in [0.1, 0.15) is 22.7 Å². The molecule has 2 aromatic carbocycles. The lowest BCUT2D eigenvalue weighted by atomic mass is 9.97. The number of benzene rings is 2. The van der Waals surface area contributed by atoms with Crippen LogP contribution in [-0.4, -0.2) is 12.0 Å². The molecule has 0 radical (unpaired) electrons. The minimum absolute atomic E-state index is 0.164. The number of nitrogens with one attached hydrogen (secondary N) is 2. The van der Waals surface area contributed by atoms with E-state index >= 15 is 0 Å². The molecule has 0 spiro atoms. The van der Waals surface area contributed by atoms with Crippen molar-refractivity contribution in [3.8, 4) is 0 Å². The van der Waals surface area contributed by atoms with Gasteiger partial charge in [0.1, 0.15) is 0 Å². The first kappa shape index (κ1) is 12.9. The Morgan fingerprint density at radius 2 is 2.00 bits per heavy atom. The maximum atomic E-state index is 5.74. The van der Waals surface area contributed by atoms with Gasteiger partial charge in [0, 0.05) is 23.6 Å². The van der Waals surface area contributed by atoms with Gasteiger partial charge in [-0.15, -0.1) is 0 Å². The molecule has 0 amide bonds. The first-order valence-electron chi connectivity index (χ1n) is 6.85. The van der Waals surface area contributed by atoms with Gasteiger partial charge in [-0.1, -0.05) is 42.5 Å². The monoisotopic (exact) mass is 265 g/mol. The van der Waals surface area contributed by atoms with Crippen LogP contribution >= 0.6 is 0 Å². The molecule has 0 aliphatic heterocycles. The highest BCUT2D eigenvalue weighted by atomic mass is 14.9. The van der Waals surface area contributed by atoms with Crippen molar-refractivity contribution in [1.29, 1.82) is 0 Å². The molecule has 3 nitrogen and oxygen atoms in total. The van der Waals surface area contributed by atoms with Gasteiger partial charge >= 0.3 is 0 Å². The van der Waals surface area contributed by atoms with Gasteiger partial charge in [-0.25, -0.2) is 0 Å². The molecule has 20 heavy (non-hydrogen) atoms. The number of nitrogens with two attached hydrogens (primary N) is 1. The molecule has 3 heteroatoms. The van der Waals surface area contributed by atoms with E-state index in [1.54, 1.807) is 0 Å². The average Bonchev–Trinajstić information content (AvgIpc) is 2.93. The Balaban J connectivity index is 2.09. The summed E-state index contributed by atoms with van der Waals surface area (Å²) in [6.07, 6.45) is 2.08. The molecular weight excluding hydrogens is 246 g/mol. The quantitative estimate of drug-likeness (QED) is 0.679. The summed E-state index contributed by atoms with van der Waals surface area (Å²) in [6, 6.07) is 17.0. The highest BCUT2D eigenvalue weighted by Gasteiger charge is 2.16. The number of aromatic nitrogens is 1. The van der Waals surface area contributed by atoms with Crippen LogP contribution in [0.25, 0.3) is 10.9 Å². The molecule has 0 fully saturated rings. The number of para-hydroxylation sites is 1. The summed E-state index contributed by atoms with van der Waals surface area (Å²) in [5, 5.41) is 4.66. The van der Waals surface area contributed by atoms with Crippen molar-refractivity contribution in [3.05, 3.63) is 71.4 Å². The van der Waals surface area contributed by atoms with E-state index in [1.807, 2.05) is 13.1 Å². The molecule has 1 aromatic heterocycles. The Morgan fingerprint density at radius 1 is 1.15 bits per heavy atom. The Labute approximate surface area is 118 Å². The predicted octanol–water partition coefficient (Wildman–Crippen LogP) is 2.94. The Bertz CT molecular complexity index is 715. The van der Waals surface area contributed by atoms with Gasteiger partial charge in [-0.3, -0.25) is 0 Å². The Kier molecular flexibility index (Phi) is 3.54. The molecule has 1 heterocycles. The zero-order valence-electron chi connectivity index (χ0n) is 11.6. The summed E-state index contributed by atoms with van der Waals surface area (Å²) < 4.78 is 0. The van der Waals surface area contributed by atoms with Crippen LogP contribution in [0.5, 0.6) is 0 Å². The molecule has 3 rings (SSSR count). The standard InChI is InChI=1S/C17H19N3/c1-19-17(13-6-4-5-12(9-13)10-18)15-11-20-16-8-3-2-7-14(15)16/h2-9,11,17,19-20H,10,18H2,1H3. The SMILES string of the molecule is CNC(c1cccc(CN)c1)c1c[nH]c2ccccc12. The summed E-state index contributed by atoms with van der Waals surface area (Å²) in [5.74, 6) is 0. The summed E-state index contributed by atoms with van der Waals surface area (Å²) >= 11 is 0. The van der Waals surface area contributed by atoms with Crippen molar-refractivity contribution < 1.29 is 0 Å². The van der Waals surface area contributed by atoms with Gasteiger partial charge in [0.2, 0.25) is 0 Å². The van der Waals surface area contributed by atoms with Gasteiger partial charge in [0.15, 0.2) is 0 Å². The van der Waals surface area contributed by atoms with E-state index in [9.17, 15) is 0 Å². The van der Waals surface area contributed by atoms with E-state index in [1.165, 1.54) is 16.5 Å². The summed E-state index contributed by atoms with van der Waals surface area (Å²) in [7, 11) is 1.99. The van der Waals surface area contributed by atoms with Crippen molar-refractivity contribution in [2.75, 3.05) is 7.05 Å². The van der Waals surface area contributed by atoms with Crippen LogP contribution in [0.4, 0.5) is 0 Å². The first-order valence-corrected chi connectivity index (χ1v) is 6.85. The average molecular weight is 265 g/mol. The normalized spacial score (nSPS) is 12.7. The third-order valence-corrected chi connectivity index (χ3v) is 3.74. The van der Waals surface area contributed by atoms with E-state index in [2.05, 4.69) is 59.0 Å². The molecule has 3 aromatic rings. The Hall–Kier alpha value is -2.10. The number of rotatable bonds is 4. The van der Waals surface area contributed by atoms with Crippen LogP contribution in [0.15, 0.2) is 54.7 Å². The molecule has 102 valence electrons. The third kappa shape index (κ3) is 2.22. The number of fused-ring (bicyclic) bond motifs is 1. The van der Waals surface area contributed by atoms with E-state index < -0.39 is 0 Å². The molecule has 0 aliphatic rings. The molecule has 0 saturated heterocycles. The number of hydrogen-bond acceptors (Lipinski definition) is 2. The maximum Gasteiger partial charge on any atom is 0.0595 e. The van der Waals surface area contributed by atoms with E-state index in [0.717, 1.165) is 11.1 Å². The van der Waals surface area contributed by atoms with Crippen molar-refractivity contribution in [3.63, 3.8) is 0 Å². The number of hydrogen-bond donors (Lipinski definition) is 3. The van der Waals surface area contributed by atoms with Crippen LogP contribution in [0.2, 0.25) is 0 Å². The minimum Gasteiger partial charge on any atom is -0.361 e. The van der Waals surface area contributed by atoms with Crippen molar-refractivity contribution in [2.24, 2.45) is 5.73 Å². The first-order chi connectivity index (χ1) is 9.83. The van der Waals surface area contributed by atoms with Gasteiger partial charge in [-0.2, -0.15) is 0 Å². The van der Waals surface area contributed by atoms with E-state index in [-0.39, 0.29) is 6.04 Å². The second kappa shape index (κ2) is 5.49. The fourth-order valence-electron chi connectivity index (χ4n) is 2.73. The minimum atomic E-state index is 0.164. The van der Waals surface area contributed by atoms with Crippen molar-refractivity contribution in [1.82, 2.24) is 10.3 Å². The fraction of sp³-hybridized carbons (Fsp3) is 0.176. The fourth-order valence-corrected chi connectivity index (χ4v) is 2.73. The van der Waals surface area contributed by atoms with Crippen LogP contribution < -0.4 is 11.1 Å². The molecule has 1 atom stereocenters. The number of aromatic amines is 1. The molecule has 0 saturated carbocycles. The zero-order valence-corrected chi connectivity index (χ0v) is 11.6. The lowest BCUT2D eigenvalue weighted by Crippen LogP contribution is -2.17. The topological polar surface area (TPSA) is 53.8 Å². The smallest absolute Gasteiger partial charge is 0.0595 e. The number of H-pyrrole nitrogens is 1. The van der Waals surface area contributed by atoms with Crippen molar-refractivity contribution in [2.45, 2.75) is 12.6 Å². The molecule has 0 bridgehead atoms. The lowest BCUT2D eigenvalue weighted by molar-refractivity contribution is 0.695. The van der Waals surface area contributed by atoms with Gasteiger partial charge in [0.25, 0.3) is 0 Å². The lowest BCUT2D eigenvalue weighted by Gasteiger charge is -2.17. The second-order valence-electron chi connectivity index (χ2n) is 4.96. The predicted molar refractivity (Wildman–Crippen MR) is 83.5 cm³/mol. The molecule has 0 aliphatic carbocycles. The largest absolute Gasteiger partial charge is 0.361 e. The van der Waals surface area contributed by atoms with Gasteiger partial charge in [-0.05, 0) is 29.8 Å². The van der Waals surface area contributed by atoms with Crippen molar-refractivity contribution >= 4 is 10.9 Å². The van der Waals surface area contributed by atoms with E-state index in [0.29, 0.717) is 6.54 Å². The van der Waals surface area contributed by atoms with Gasteiger partial charge in [0.05, 0.1) is 6.04 Å². The second-order valence-corrected chi connectivity index (χ2v) is 4.96. The Morgan fingerprint density at radius 3 is 2.80 bits per heavy atom. The van der Waals surface area contributed by atoms with Crippen LogP contribution in [-0.2, 0) is 6.54 Å². The highest BCUT2D eigenvalue weighted by Crippen LogP contribution is 2.29. The van der Waals surface area contributed by atoms with Crippen LogP contribution in [0, 0.1) is 0 Å². The maximum absolute atomic E-state index is 5.74.